The van der Waals surface area contributed by atoms with Gasteiger partial charge in [-0.15, -0.1) is 11.3 Å². The standard InChI is InChI=1S/C18H14S/c1-12-13-6-2-3-7-14(12)18-15-8-4-5-9-16(15)19-17(18)11-10-13/h2-11,14H,1H3. The Kier molecular flexibility index (Phi) is 2.36. The third-order valence-electron chi connectivity index (χ3n) is 4.00. The van der Waals surface area contributed by atoms with Crippen LogP contribution in [0.1, 0.15) is 23.3 Å². The molecule has 1 heteroatoms. The maximum atomic E-state index is 2.32. The number of thiophene rings is 1. The first-order valence-corrected chi connectivity index (χ1v) is 7.41. The van der Waals surface area contributed by atoms with Gasteiger partial charge in [-0.2, -0.15) is 0 Å². The molecule has 92 valence electrons. The van der Waals surface area contributed by atoms with Gasteiger partial charge in [0.15, 0.2) is 0 Å². The second-order valence-electron chi connectivity index (χ2n) is 5.07. The van der Waals surface area contributed by atoms with Gasteiger partial charge in [0.05, 0.1) is 0 Å². The van der Waals surface area contributed by atoms with Crippen LogP contribution in [-0.4, -0.2) is 0 Å². The predicted molar refractivity (Wildman–Crippen MR) is 84.6 cm³/mol. The first kappa shape index (κ1) is 11.0. The second-order valence-corrected chi connectivity index (χ2v) is 6.15. The summed E-state index contributed by atoms with van der Waals surface area (Å²) in [6.07, 6.45) is 13.4. The zero-order valence-electron chi connectivity index (χ0n) is 10.8. The van der Waals surface area contributed by atoms with Crippen LogP contribution in [0.25, 0.3) is 16.2 Å². The molecule has 19 heavy (non-hydrogen) atoms. The van der Waals surface area contributed by atoms with Crippen molar-refractivity contribution in [1.82, 2.24) is 0 Å². The van der Waals surface area contributed by atoms with E-state index in [1.165, 1.54) is 31.7 Å². The van der Waals surface area contributed by atoms with Crippen molar-refractivity contribution in [2.75, 3.05) is 0 Å². The maximum absolute atomic E-state index is 2.32. The SMILES string of the molecule is CC1=C2C=CC=CC1c1c(sc3ccccc13)C=C2. The minimum Gasteiger partial charge on any atom is -0.136 e. The highest BCUT2D eigenvalue weighted by Gasteiger charge is 2.23. The molecule has 4 rings (SSSR count). The molecule has 0 fully saturated rings. The van der Waals surface area contributed by atoms with Crippen LogP contribution < -0.4 is 0 Å². The Balaban J connectivity index is 2.08. The maximum Gasteiger partial charge on any atom is 0.0352 e. The zero-order chi connectivity index (χ0) is 12.8. The van der Waals surface area contributed by atoms with E-state index in [1.54, 1.807) is 0 Å². The third-order valence-corrected chi connectivity index (χ3v) is 5.15. The molecule has 0 saturated heterocycles. The fraction of sp³-hybridized carbons (Fsp3) is 0.111. The average Bonchev–Trinajstić information content (AvgIpc) is 2.64. The van der Waals surface area contributed by atoms with Crippen molar-refractivity contribution in [2.24, 2.45) is 0 Å². The monoisotopic (exact) mass is 262 g/mol. The van der Waals surface area contributed by atoms with E-state index in [-0.39, 0.29) is 0 Å². The predicted octanol–water partition coefficient (Wildman–Crippen LogP) is 5.45. The van der Waals surface area contributed by atoms with Gasteiger partial charge in [0.2, 0.25) is 0 Å². The first-order chi connectivity index (χ1) is 9.34. The summed E-state index contributed by atoms with van der Waals surface area (Å²) in [5.41, 5.74) is 4.27. The summed E-state index contributed by atoms with van der Waals surface area (Å²) in [5.74, 6) is 0.408. The fourth-order valence-corrected chi connectivity index (χ4v) is 4.14. The Morgan fingerprint density at radius 2 is 1.89 bits per heavy atom. The molecule has 1 atom stereocenters. The van der Waals surface area contributed by atoms with Crippen LogP contribution in [0.3, 0.4) is 0 Å². The van der Waals surface area contributed by atoms with E-state index in [9.17, 15) is 0 Å². The van der Waals surface area contributed by atoms with Gasteiger partial charge < -0.3 is 0 Å². The van der Waals surface area contributed by atoms with Crippen molar-refractivity contribution in [3.8, 4) is 0 Å². The Morgan fingerprint density at radius 3 is 2.84 bits per heavy atom. The number of hydrogen-bond donors (Lipinski definition) is 0. The van der Waals surface area contributed by atoms with E-state index >= 15 is 0 Å². The summed E-state index contributed by atoms with van der Waals surface area (Å²) in [6, 6.07) is 8.74. The number of fused-ring (bicyclic) bond motifs is 5. The van der Waals surface area contributed by atoms with Crippen molar-refractivity contribution < 1.29 is 0 Å². The molecular formula is C18H14S. The summed E-state index contributed by atoms with van der Waals surface area (Å²) < 4.78 is 1.39. The highest BCUT2D eigenvalue weighted by molar-refractivity contribution is 7.20. The molecule has 2 bridgehead atoms. The first-order valence-electron chi connectivity index (χ1n) is 6.60. The molecule has 0 spiro atoms. The highest BCUT2D eigenvalue weighted by atomic mass is 32.1. The third kappa shape index (κ3) is 1.58. The van der Waals surface area contributed by atoms with Crippen LogP contribution >= 0.6 is 11.3 Å². The Hall–Kier alpha value is -1.86. The molecule has 0 radical (unpaired) electrons. The van der Waals surface area contributed by atoms with E-state index < -0.39 is 0 Å². The quantitative estimate of drug-likeness (QED) is 0.592. The molecule has 1 aromatic heterocycles. The van der Waals surface area contributed by atoms with Crippen LogP contribution in [0.4, 0.5) is 0 Å². The Labute approximate surface area is 117 Å². The lowest BCUT2D eigenvalue weighted by Crippen LogP contribution is -1.97. The molecule has 2 aliphatic rings. The van der Waals surface area contributed by atoms with Crippen LogP contribution in [0.15, 0.2) is 65.8 Å². The molecule has 0 saturated carbocycles. The Bertz CT molecular complexity index is 781. The molecule has 2 aliphatic carbocycles. The van der Waals surface area contributed by atoms with Crippen LogP contribution in [0.2, 0.25) is 0 Å². The topological polar surface area (TPSA) is 0 Å². The summed E-state index contributed by atoms with van der Waals surface area (Å²) in [6.45, 7) is 2.26. The van der Waals surface area contributed by atoms with Gasteiger partial charge in [0, 0.05) is 15.5 Å². The van der Waals surface area contributed by atoms with E-state index in [0.717, 1.165) is 0 Å². The summed E-state index contributed by atoms with van der Waals surface area (Å²) in [5, 5.41) is 1.41. The minimum absolute atomic E-state index is 0.408. The van der Waals surface area contributed by atoms with Gasteiger partial charge in [-0.3, -0.25) is 0 Å². The smallest absolute Gasteiger partial charge is 0.0352 e. The highest BCUT2D eigenvalue weighted by Crippen LogP contribution is 2.43. The number of allylic oxidation sites excluding steroid dienone is 7. The van der Waals surface area contributed by atoms with Crippen LogP contribution in [0, 0.1) is 0 Å². The van der Waals surface area contributed by atoms with Gasteiger partial charge >= 0.3 is 0 Å². The molecule has 2 aromatic rings. The average molecular weight is 262 g/mol. The normalized spacial score (nSPS) is 20.6. The number of rotatable bonds is 0. The van der Waals surface area contributed by atoms with Crippen molar-refractivity contribution >= 4 is 27.5 Å². The molecule has 1 unspecified atom stereocenters. The van der Waals surface area contributed by atoms with Gasteiger partial charge in [0.25, 0.3) is 0 Å². The van der Waals surface area contributed by atoms with Crippen molar-refractivity contribution in [1.29, 1.82) is 0 Å². The molecule has 1 heterocycles. The van der Waals surface area contributed by atoms with Gasteiger partial charge in [0.1, 0.15) is 0 Å². The van der Waals surface area contributed by atoms with Crippen molar-refractivity contribution in [2.45, 2.75) is 12.8 Å². The summed E-state index contributed by atoms with van der Waals surface area (Å²) in [7, 11) is 0. The lowest BCUT2D eigenvalue weighted by molar-refractivity contribution is 1.00. The lowest BCUT2D eigenvalue weighted by Gasteiger charge is -2.14. The minimum atomic E-state index is 0.408. The molecule has 0 amide bonds. The van der Waals surface area contributed by atoms with Gasteiger partial charge in [-0.1, -0.05) is 54.2 Å². The van der Waals surface area contributed by atoms with Crippen molar-refractivity contribution in [3.63, 3.8) is 0 Å². The second kappa shape index (κ2) is 4.07. The molecular weight excluding hydrogens is 248 g/mol. The fourth-order valence-electron chi connectivity index (χ4n) is 2.98. The number of hydrogen-bond acceptors (Lipinski definition) is 1. The largest absolute Gasteiger partial charge is 0.136 e. The van der Waals surface area contributed by atoms with E-state index in [4.69, 9.17) is 0 Å². The Morgan fingerprint density at radius 1 is 1.00 bits per heavy atom. The van der Waals surface area contributed by atoms with E-state index in [1.807, 2.05) is 11.3 Å². The molecule has 0 aliphatic heterocycles. The molecule has 1 aromatic carbocycles. The van der Waals surface area contributed by atoms with E-state index in [2.05, 4.69) is 67.6 Å². The van der Waals surface area contributed by atoms with Gasteiger partial charge in [-0.05, 0) is 35.6 Å². The molecule has 0 N–H and O–H groups in total. The van der Waals surface area contributed by atoms with Gasteiger partial charge in [-0.25, -0.2) is 0 Å². The van der Waals surface area contributed by atoms with Crippen LogP contribution in [-0.2, 0) is 0 Å². The summed E-state index contributed by atoms with van der Waals surface area (Å²) >= 11 is 1.90. The van der Waals surface area contributed by atoms with Crippen LogP contribution in [0.5, 0.6) is 0 Å². The molecule has 0 nitrogen and oxygen atoms in total. The summed E-state index contributed by atoms with van der Waals surface area (Å²) in [4.78, 5) is 1.40. The number of benzene rings is 1. The van der Waals surface area contributed by atoms with Crippen molar-refractivity contribution in [3.05, 3.63) is 76.2 Å². The zero-order valence-corrected chi connectivity index (χ0v) is 11.6. The lowest BCUT2D eigenvalue weighted by atomic mass is 9.89. The van der Waals surface area contributed by atoms with E-state index in [0.29, 0.717) is 5.92 Å².